The number of hydrogen-bond donors (Lipinski definition) is 0. The standard InChI is InChI=1S/C22H23N5O3/c28-21(18-14-17-8-4-5-9-27(17)23-18)25-10-12-26(13-11-25)22(29)19-15-20(30-24-19)16-6-2-1-3-7-16/h1-3,6-7,14-15H,4-5,8-13H2. The monoisotopic (exact) mass is 405 g/mol. The van der Waals surface area contributed by atoms with Crippen LogP contribution in [0.2, 0.25) is 0 Å². The van der Waals surface area contributed by atoms with Crippen LogP contribution in [-0.4, -0.2) is 62.7 Å². The van der Waals surface area contributed by atoms with Crippen molar-refractivity contribution in [1.82, 2.24) is 24.7 Å². The molecule has 8 nitrogen and oxygen atoms in total. The van der Waals surface area contributed by atoms with Crippen molar-refractivity contribution in [2.75, 3.05) is 26.2 Å². The van der Waals surface area contributed by atoms with E-state index in [9.17, 15) is 9.59 Å². The molecule has 154 valence electrons. The number of carbonyl (C=O) groups excluding carboxylic acids is 2. The van der Waals surface area contributed by atoms with Crippen molar-refractivity contribution in [3.63, 3.8) is 0 Å². The molecule has 2 amide bonds. The fourth-order valence-electron chi connectivity index (χ4n) is 4.07. The lowest BCUT2D eigenvalue weighted by Crippen LogP contribution is -2.50. The molecule has 0 spiro atoms. The van der Waals surface area contributed by atoms with E-state index in [1.165, 1.54) is 0 Å². The quantitative estimate of drug-likeness (QED) is 0.668. The number of aryl methyl sites for hydroxylation is 2. The van der Waals surface area contributed by atoms with Crippen LogP contribution in [-0.2, 0) is 13.0 Å². The van der Waals surface area contributed by atoms with E-state index in [0.29, 0.717) is 37.6 Å². The lowest BCUT2D eigenvalue weighted by Gasteiger charge is -2.34. The second-order valence-electron chi connectivity index (χ2n) is 7.73. The Morgan fingerprint density at radius 3 is 2.23 bits per heavy atom. The summed E-state index contributed by atoms with van der Waals surface area (Å²) >= 11 is 0. The molecule has 8 heteroatoms. The lowest BCUT2D eigenvalue weighted by atomic mass is 10.1. The SMILES string of the molecule is O=C(c1cc(-c2ccccc2)on1)N1CCN(C(=O)c2cc3n(n2)CCCC3)CC1. The maximum atomic E-state index is 12.8. The van der Waals surface area contributed by atoms with Gasteiger partial charge in [0.05, 0.1) is 0 Å². The van der Waals surface area contributed by atoms with Gasteiger partial charge in [-0.1, -0.05) is 35.5 Å². The summed E-state index contributed by atoms with van der Waals surface area (Å²) in [5.41, 5.74) is 2.81. The Labute approximate surface area is 174 Å². The van der Waals surface area contributed by atoms with E-state index in [0.717, 1.165) is 37.1 Å². The number of nitrogens with zero attached hydrogens (tertiary/aromatic N) is 5. The highest BCUT2D eigenvalue weighted by Crippen LogP contribution is 2.21. The molecule has 4 heterocycles. The second-order valence-corrected chi connectivity index (χ2v) is 7.73. The summed E-state index contributed by atoms with van der Waals surface area (Å²) in [6, 6.07) is 13.1. The fourth-order valence-corrected chi connectivity index (χ4v) is 4.07. The molecule has 0 bridgehead atoms. The Morgan fingerprint density at radius 1 is 0.833 bits per heavy atom. The third-order valence-electron chi connectivity index (χ3n) is 5.78. The third-order valence-corrected chi connectivity index (χ3v) is 5.78. The number of rotatable bonds is 3. The van der Waals surface area contributed by atoms with Crippen molar-refractivity contribution in [1.29, 1.82) is 0 Å². The smallest absolute Gasteiger partial charge is 0.276 e. The molecule has 5 rings (SSSR count). The number of amides is 2. The molecule has 0 N–H and O–H groups in total. The Hall–Kier alpha value is -3.42. The molecule has 1 fully saturated rings. The zero-order valence-electron chi connectivity index (χ0n) is 16.7. The van der Waals surface area contributed by atoms with Crippen LogP contribution in [0.15, 0.2) is 47.0 Å². The molecule has 1 aromatic carbocycles. The zero-order valence-corrected chi connectivity index (χ0v) is 16.7. The van der Waals surface area contributed by atoms with Gasteiger partial charge in [-0.3, -0.25) is 14.3 Å². The predicted octanol–water partition coefficient (Wildman–Crippen LogP) is 2.47. The molecule has 2 aliphatic rings. The molecule has 2 aliphatic heterocycles. The molecule has 2 aromatic heterocycles. The van der Waals surface area contributed by atoms with Crippen molar-refractivity contribution >= 4 is 11.8 Å². The van der Waals surface area contributed by atoms with Gasteiger partial charge in [-0.05, 0) is 25.3 Å². The van der Waals surface area contributed by atoms with Crippen molar-refractivity contribution in [2.24, 2.45) is 0 Å². The van der Waals surface area contributed by atoms with E-state index in [2.05, 4.69) is 10.3 Å². The molecule has 0 unspecified atom stereocenters. The number of piperazine rings is 1. The van der Waals surface area contributed by atoms with Gasteiger partial charge in [-0.2, -0.15) is 5.10 Å². The zero-order chi connectivity index (χ0) is 20.5. The Bertz CT molecular complexity index is 1040. The average Bonchev–Trinajstić information content (AvgIpc) is 3.46. The summed E-state index contributed by atoms with van der Waals surface area (Å²) in [6.07, 6.45) is 3.23. The third kappa shape index (κ3) is 3.49. The summed E-state index contributed by atoms with van der Waals surface area (Å²) in [5, 5.41) is 8.43. The molecular formula is C22H23N5O3. The summed E-state index contributed by atoms with van der Waals surface area (Å²) in [5.74, 6) is 0.332. The summed E-state index contributed by atoms with van der Waals surface area (Å²) in [4.78, 5) is 29.1. The van der Waals surface area contributed by atoms with Crippen LogP contribution < -0.4 is 0 Å². The van der Waals surface area contributed by atoms with Gasteiger partial charge in [0, 0.05) is 50.0 Å². The first-order valence-corrected chi connectivity index (χ1v) is 10.4. The van der Waals surface area contributed by atoms with E-state index >= 15 is 0 Å². The largest absolute Gasteiger partial charge is 0.355 e. The summed E-state index contributed by atoms with van der Waals surface area (Å²) in [7, 11) is 0. The number of fused-ring (bicyclic) bond motifs is 1. The van der Waals surface area contributed by atoms with E-state index < -0.39 is 0 Å². The average molecular weight is 405 g/mol. The minimum Gasteiger partial charge on any atom is -0.355 e. The predicted molar refractivity (Wildman–Crippen MR) is 109 cm³/mol. The van der Waals surface area contributed by atoms with Gasteiger partial charge in [0.15, 0.2) is 17.1 Å². The fraction of sp³-hybridized carbons (Fsp3) is 0.364. The van der Waals surface area contributed by atoms with Crippen LogP contribution >= 0.6 is 0 Å². The van der Waals surface area contributed by atoms with Gasteiger partial charge in [0.25, 0.3) is 11.8 Å². The number of aromatic nitrogens is 3. The molecule has 3 aromatic rings. The van der Waals surface area contributed by atoms with Crippen LogP contribution in [0.5, 0.6) is 0 Å². The van der Waals surface area contributed by atoms with E-state index in [1.807, 2.05) is 41.1 Å². The topological polar surface area (TPSA) is 84.5 Å². The van der Waals surface area contributed by atoms with E-state index in [-0.39, 0.29) is 17.5 Å². The number of carbonyl (C=O) groups is 2. The first-order chi connectivity index (χ1) is 14.7. The Morgan fingerprint density at radius 2 is 1.53 bits per heavy atom. The number of hydrogen-bond acceptors (Lipinski definition) is 5. The van der Waals surface area contributed by atoms with Gasteiger partial charge in [0.1, 0.15) is 0 Å². The van der Waals surface area contributed by atoms with Crippen LogP contribution in [0.25, 0.3) is 11.3 Å². The lowest BCUT2D eigenvalue weighted by molar-refractivity contribution is 0.0526. The van der Waals surface area contributed by atoms with Crippen LogP contribution in [0.4, 0.5) is 0 Å². The first kappa shape index (κ1) is 18.6. The van der Waals surface area contributed by atoms with Crippen molar-refractivity contribution in [2.45, 2.75) is 25.8 Å². The van der Waals surface area contributed by atoms with Gasteiger partial charge >= 0.3 is 0 Å². The molecule has 30 heavy (non-hydrogen) atoms. The molecule has 1 saturated heterocycles. The molecule has 0 radical (unpaired) electrons. The Balaban J connectivity index is 1.21. The van der Waals surface area contributed by atoms with Crippen LogP contribution in [0, 0.1) is 0 Å². The van der Waals surface area contributed by atoms with Crippen molar-refractivity contribution in [3.8, 4) is 11.3 Å². The normalized spacial score (nSPS) is 16.4. The maximum absolute atomic E-state index is 12.8. The van der Waals surface area contributed by atoms with Gasteiger partial charge in [0.2, 0.25) is 0 Å². The van der Waals surface area contributed by atoms with Crippen molar-refractivity contribution in [3.05, 3.63) is 59.5 Å². The molecule has 0 saturated carbocycles. The van der Waals surface area contributed by atoms with Crippen LogP contribution in [0.1, 0.15) is 39.5 Å². The highest BCUT2D eigenvalue weighted by Gasteiger charge is 2.29. The second kappa shape index (κ2) is 7.78. The van der Waals surface area contributed by atoms with Gasteiger partial charge < -0.3 is 14.3 Å². The summed E-state index contributed by atoms with van der Waals surface area (Å²) < 4.78 is 7.30. The highest BCUT2D eigenvalue weighted by molar-refractivity contribution is 5.94. The minimum atomic E-state index is -0.175. The maximum Gasteiger partial charge on any atom is 0.276 e. The van der Waals surface area contributed by atoms with Crippen LogP contribution in [0.3, 0.4) is 0 Å². The van der Waals surface area contributed by atoms with Crippen molar-refractivity contribution < 1.29 is 14.1 Å². The molecular weight excluding hydrogens is 382 g/mol. The summed E-state index contributed by atoms with van der Waals surface area (Å²) in [6.45, 7) is 2.78. The van der Waals surface area contributed by atoms with Gasteiger partial charge in [-0.25, -0.2) is 0 Å². The highest BCUT2D eigenvalue weighted by atomic mass is 16.5. The Kier molecular flexibility index (Phi) is 4.82. The van der Waals surface area contributed by atoms with E-state index in [4.69, 9.17) is 4.52 Å². The minimum absolute atomic E-state index is 0.0585. The molecule has 0 aliphatic carbocycles. The first-order valence-electron chi connectivity index (χ1n) is 10.4. The number of benzene rings is 1. The van der Waals surface area contributed by atoms with E-state index in [1.54, 1.807) is 15.9 Å². The van der Waals surface area contributed by atoms with Gasteiger partial charge in [-0.15, -0.1) is 0 Å². The molecule has 0 atom stereocenters.